The minimum absolute atomic E-state index is 0.729. The molecule has 0 aliphatic carbocycles. The SMILES string of the molecule is NCCC[Si](CCCN)(O[SiH3])O[SiH3]. The van der Waals surface area contributed by atoms with Crippen LogP contribution < -0.4 is 11.5 Å². The molecule has 0 aromatic carbocycles. The third kappa shape index (κ3) is 5.05. The molecule has 0 heterocycles. The van der Waals surface area contributed by atoms with Crippen molar-refractivity contribution in [2.45, 2.75) is 24.9 Å². The predicted octanol–water partition coefficient (Wildman–Crippen LogP) is -2.28. The van der Waals surface area contributed by atoms with E-state index in [1.165, 1.54) is 0 Å². The summed E-state index contributed by atoms with van der Waals surface area (Å²) in [6.45, 7) is 1.46. The second-order valence-electron chi connectivity index (χ2n) is 3.10. The molecule has 0 aromatic rings. The van der Waals surface area contributed by atoms with Crippen LogP contribution in [0.5, 0.6) is 0 Å². The third-order valence-electron chi connectivity index (χ3n) is 2.27. The first-order valence-corrected chi connectivity index (χ1v) is 8.61. The third-order valence-corrected chi connectivity index (χ3v) is 10.5. The van der Waals surface area contributed by atoms with Crippen molar-refractivity contribution in [1.82, 2.24) is 0 Å². The van der Waals surface area contributed by atoms with E-state index >= 15 is 0 Å². The maximum atomic E-state index is 5.67. The molecule has 0 aliphatic heterocycles. The van der Waals surface area contributed by atoms with Crippen LogP contribution in [0.3, 0.4) is 0 Å². The van der Waals surface area contributed by atoms with Crippen molar-refractivity contribution in [1.29, 1.82) is 0 Å². The van der Waals surface area contributed by atoms with Gasteiger partial charge in [-0.1, -0.05) is 0 Å². The van der Waals surface area contributed by atoms with Crippen molar-refractivity contribution in [2.75, 3.05) is 13.1 Å². The summed E-state index contributed by atoms with van der Waals surface area (Å²) in [5.74, 6) is 0. The molecule has 0 aliphatic rings. The second-order valence-corrected chi connectivity index (χ2v) is 9.19. The Hall–Kier alpha value is 0.491. The smallest absolute Gasteiger partial charge is 0.316 e. The summed E-state index contributed by atoms with van der Waals surface area (Å²) in [4.78, 5) is 0. The van der Waals surface area contributed by atoms with Crippen LogP contribution in [0, 0.1) is 0 Å². The summed E-state index contributed by atoms with van der Waals surface area (Å²) in [5.41, 5.74) is 11.0. The average molecular weight is 239 g/mol. The van der Waals surface area contributed by atoms with E-state index in [1.54, 1.807) is 0 Å². The lowest BCUT2D eigenvalue weighted by atomic mass is 10.5. The fraction of sp³-hybridized carbons (Fsp3) is 1.00. The Kier molecular flexibility index (Phi) is 8.15. The normalized spacial score (nSPS) is 12.5. The molecule has 13 heavy (non-hydrogen) atoms. The quantitative estimate of drug-likeness (QED) is 0.468. The minimum atomic E-state index is -1.82. The van der Waals surface area contributed by atoms with Crippen molar-refractivity contribution < 1.29 is 8.23 Å². The topological polar surface area (TPSA) is 70.5 Å². The lowest BCUT2D eigenvalue weighted by Gasteiger charge is -2.28. The molecule has 7 heteroatoms. The zero-order valence-corrected chi connectivity index (χ0v) is 13.7. The van der Waals surface area contributed by atoms with Crippen molar-refractivity contribution in [3.05, 3.63) is 0 Å². The fourth-order valence-corrected chi connectivity index (χ4v) is 8.53. The van der Waals surface area contributed by atoms with Gasteiger partial charge in [-0.05, 0) is 38.0 Å². The van der Waals surface area contributed by atoms with Gasteiger partial charge >= 0.3 is 8.56 Å². The molecule has 80 valence electrons. The molecule has 0 fully saturated rings. The van der Waals surface area contributed by atoms with Gasteiger partial charge in [0.1, 0.15) is 21.0 Å². The Morgan fingerprint density at radius 3 is 1.54 bits per heavy atom. The maximum absolute atomic E-state index is 5.67. The van der Waals surface area contributed by atoms with E-state index in [2.05, 4.69) is 0 Å². The molecule has 0 unspecified atom stereocenters. The molecule has 0 saturated heterocycles. The Balaban J connectivity index is 3.97. The zero-order chi connectivity index (χ0) is 10.2. The number of nitrogens with two attached hydrogens (primary N) is 2. The monoisotopic (exact) mass is 238 g/mol. The Bertz CT molecular complexity index is 114. The highest BCUT2D eigenvalue weighted by atomic mass is 28.4. The molecule has 0 rings (SSSR count). The molecule has 0 bridgehead atoms. The van der Waals surface area contributed by atoms with Gasteiger partial charge in [-0.25, -0.2) is 0 Å². The molecule has 0 spiro atoms. The largest absolute Gasteiger partial charge is 0.445 e. The molecular weight excluding hydrogens is 216 g/mol. The Labute approximate surface area is 87.7 Å². The first kappa shape index (κ1) is 13.5. The van der Waals surface area contributed by atoms with E-state index in [4.69, 9.17) is 19.7 Å². The van der Waals surface area contributed by atoms with Crippen LogP contribution in [0.2, 0.25) is 12.1 Å². The van der Waals surface area contributed by atoms with Crippen LogP contribution >= 0.6 is 0 Å². The number of rotatable bonds is 8. The Morgan fingerprint density at radius 2 is 1.31 bits per heavy atom. The zero-order valence-electron chi connectivity index (χ0n) is 8.71. The van der Waals surface area contributed by atoms with E-state index in [0.717, 1.165) is 59.0 Å². The first-order chi connectivity index (χ1) is 6.24. The van der Waals surface area contributed by atoms with E-state index in [-0.39, 0.29) is 0 Å². The van der Waals surface area contributed by atoms with Crippen LogP contribution in [0.15, 0.2) is 0 Å². The van der Waals surface area contributed by atoms with Gasteiger partial charge in [0.15, 0.2) is 0 Å². The summed E-state index contributed by atoms with van der Waals surface area (Å²) in [5, 5.41) is 0. The van der Waals surface area contributed by atoms with Crippen molar-refractivity contribution >= 4 is 29.5 Å². The molecule has 0 atom stereocenters. The van der Waals surface area contributed by atoms with Gasteiger partial charge in [-0.2, -0.15) is 0 Å². The lowest BCUT2D eigenvalue weighted by Crippen LogP contribution is -2.41. The average Bonchev–Trinajstić information content (AvgIpc) is 2.20. The fourth-order valence-electron chi connectivity index (χ4n) is 1.36. The van der Waals surface area contributed by atoms with Crippen molar-refractivity contribution in [3.8, 4) is 0 Å². The van der Waals surface area contributed by atoms with Gasteiger partial charge in [0.25, 0.3) is 0 Å². The van der Waals surface area contributed by atoms with E-state index < -0.39 is 8.56 Å². The summed E-state index contributed by atoms with van der Waals surface area (Å²) in [7, 11) is -0.289. The molecule has 0 amide bonds. The van der Waals surface area contributed by atoms with Gasteiger partial charge in [0.05, 0.1) is 0 Å². The van der Waals surface area contributed by atoms with Crippen LogP contribution in [0.25, 0.3) is 0 Å². The lowest BCUT2D eigenvalue weighted by molar-refractivity contribution is 0.413. The van der Waals surface area contributed by atoms with Gasteiger partial charge < -0.3 is 19.7 Å². The van der Waals surface area contributed by atoms with Crippen LogP contribution in [-0.2, 0) is 8.23 Å². The van der Waals surface area contributed by atoms with Crippen molar-refractivity contribution in [3.63, 3.8) is 0 Å². The molecule has 4 N–H and O–H groups in total. The highest BCUT2D eigenvalue weighted by Crippen LogP contribution is 2.19. The van der Waals surface area contributed by atoms with Gasteiger partial charge in [-0.15, -0.1) is 0 Å². The Morgan fingerprint density at radius 1 is 0.923 bits per heavy atom. The van der Waals surface area contributed by atoms with Gasteiger partial charge in [0, 0.05) is 0 Å². The number of hydrogen-bond donors (Lipinski definition) is 2. The predicted molar refractivity (Wildman–Crippen MR) is 64.8 cm³/mol. The molecule has 4 nitrogen and oxygen atoms in total. The van der Waals surface area contributed by atoms with Crippen LogP contribution in [-0.4, -0.2) is 42.6 Å². The summed E-state index contributed by atoms with van der Waals surface area (Å²) in [6.07, 6.45) is 2.03. The van der Waals surface area contributed by atoms with Crippen molar-refractivity contribution in [2.24, 2.45) is 11.5 Å². The second kappa shape index (κ2) is 7.85. The summed E-state index contributed by atoms with van der Waals surface area (Å²) in [6, 6.07) is 2.08. The van der Waals surface area contributed by atoms with E-state index in [0.29, 0.717) is 0 Å². The maximum Gasteiger partial charge on any atom is 0.316 e. The highest BCUT2D eigenvalue weighted by Gasteiger charge is 2.32. The summed E-state index contributed by atoms with van der Waals surface area (Å²) >= 11 is 0. The van der Waals surface area contributed by atoms with Crippen LogP contribution in [0.4, 0.5) is 0 Å². The van der Waals surface area contributed by atoms with Gasteiger partial charge in [0.2, 0.25) is 0 Å². The molecule has 0 radical (unpaired) electrons. The van der Waals surface area contributed by atoms with E-state index in [1.807, 2.05) is 0 Å². The molecule has 0 saturated carbocycles. The summed E-state index contributed by atoms with van der Waals surface area (Å²) < 4.78 is 11.3. The van der Waals surface area contributed by atoms with Gasteiger partial charge in [-0.3, -0.25) is 0 Å². The number of hydrogen-bond acceptors (Lipinski definition) is 4. The van der Waals surface area contributed by atoms with E-state index in [9.17, 15) is 0 Å². The molecule has 0 aromatic heterocycles. The van der Waals surface area contributed by atoms with Crippen LogP contribution in [0.1, 0.15) is 12.8 Å². The minimum Gasteiger partial charge on any atom is -0.445 e. The first-order valence-electron chi connectivity index (χ1n) is 4.75. The molecular formula is C6H22N2O2Si3. The highest BCUT2D eigenvalue weighted by molar-refractivity contribution is 6.72. The standard InChI is InChI=1S/C6H22N2O2Si3/c7-3-1-5-13(9-11,10-12)6-2-4-8/h1-8H2,11-12H3.